The van der Waals surface area contributed by atoms with E-state index in [4.69, 9.17) is 32.0 Å². The number of nitrogens with zero attached hydrogens (tertiary/aromatic N) is 3. The van der Waals surface area contributed by atoms with Crippen molar-refractivity contribution in [1.82, 2.24) is 0 Å². The Kier molecular flexibility index (Phi) is 16.1. The van der Waals surface area contributed by atoms with E-state index in [2.05, 4.69) is 279 Å². The summed E-state index contributed by atoms with van der Waals surface area (Å²) >= 11 is 16.5. The largest absolute Gasteiger partial charge is 0.454 e. The van der Waals surface area contributed by atoms with Gasteiger partial charge < -0.3 is 28.9 Å². The van der Waals surface area contributed by atoms with Crippen molar-refractivity contribution >= 4 is 167 Å². The topological polar surface area (TPSA) is 48.0 Å². The molecule has 14 aromatic carbocycles. The number of benzene rings is 14. The Hall–Kier alpha value is -10.5. The number of hydrogen-bond acceptors (Lipinski definition) is 6. The predicted octanol–water partition coefficient (Wildman–Crippen LogP) is 25.4. The van der Waals surface area contributed by atoms with Gasteiger partial charge in [-0.2, -0.15) is 0 Å². The van der Waals surface area contributed by atoms with Gasteiger partial charge in [-0.25, -0.2) is 0 Å². The van der Waals surface area contributed by atoms with E-state index in [1.165, 1.54) is 10.8 Å². The highest BCUT2D eigenvalue weighted by molar-refractivity contribution is 9.10. The van der Waals surface area contributed by atoms with Crippen LogP contribution in [0.25, 0.3) is 65.4 Å². The molecule has 0 unspecified atom stereocenters. The molecule has 0 spiro atoms. The summed E-state index contributed by atoms with van der Waals surface area (Å²) in [6.45, 7) is 0. The summed E-state index contributed by atoms with van der Waals surface area (Å²) in [4.78, 5) is 6.92. The van der Waals surface area contributed by atoms with Crippen LogP contribution in [0.2, 0.25) is 10.0 Å². The van der Waals surface area contributed by atoms with Gasteiger partial charge in [-0.15, -0.1) is 0 Å². The molecule has 0 saturated heterocycles. The Morgan fingerprint density at radius 1 is 0.270 bits per heavy atom. The third-order valence-electron chi connectivity index (χ3n) is 15.7. The molecule has 16 rings (SSSR count). The van der Waals surface area contributed by atoms with Gasteiger partial charge in [0.25, 0.3) is 0 Å². The van der Waals surface area contributed by atoms with Gasteiger partial charge in [0.15, 0.2) is 11.2 Å². The molecule has 0 radical (unpaired) electrons. The molecule has 0 amide bonds. The highest BCUT2D eigenvalue weighted by atomic mass is 79.9. The van der Waals surface area contributed by atoms with E-state index in [9.17, 15) is 0 Å². The third kappa shape index (κ3) is 11.5. The maximum Gasteiger partial charge on any atom is 0.154 e. The minimum absolute atomic E-state index is 0.579. The van der Waals surface area contributed by atoms with Gasteiger partial charge in [0, 0.05) is 93.1 Å². The van der Waals surface area contributed by atoms with Crippen molar-refractivity contribution in [2.24, 2.45) is 0 Å². The third-order valence-corrected chi connectivity index (χ3v) is 16.7. The smallest absolute Gasteiger partial charge is 0.154 e. The lowest BCUT2D eigenvalue weighted by Gasteiger charge is -2.30. The minimum atomic E-state index is 0.579. The second-order valence-corrected chi connectivity index (χ2v) is 23.0. The fourth-order valence-electron chi connectivity index (χ4n) is 11.7. The van der Waals surface area contributed by atoms with Gasteiger partial charge in [0.05, 0.1) is 27.1 Å². The van der Waals surface area contributed by atoms with Crippen molar-refractivity contribution in [3.8, 4) is 0 Å². The predicted molar refractivity (Wildman–Crippen MR) is 380 cm³/mol. The average molecular weight is 1260 g/mol. The standard InChI is InChI=1S/C40H27ClN2O.C28H22N2.C12H6BrClO/c41-36-27-31(26-35-34-22-12-13-23-39(34)44-40(35)36)43(30-18-8-3-9-19-30)38-25-24-37(32-20-10-11-21-33(32)38)42(28-14-4-1-5-15-28)29-16-6-2-7-17-29;1-4-12-22(13-5-1)29-27-20-21-28(26-19-11-10-18-25(26)27)30(23-14-6-2-7-15-23)24-16-8-3-9-17-24;13-7-5-9-8-3-1-2-4-11(8)15-12(9)10(14)6-7/h1-27H;1-21,29H;1-6H. The van der Waals surface area contributed by atoms with Crippen molar-refractivity contribution in [2.75, 3.05) is 20.0 Å². The molecule has 2 aromatic heterocycles. The van der Waals surface area contributed by atoms with Crippen LogP contribution >= 0.6 is 39.1 Å². The number of rotatable bonds is 11. The Morgan fingerprint density at radius 3 is 1.01 bits per heavy atom. The summed E-state index contributed by atoms with van der Waals surface area (Å²) in [5, 5.41) is 13.6. The summed E-state index contributed by atoms with van der Waals surface area (Å²) in [6, 6.07) is 113. The average Bonchev–Trinajstić information content (AvgIpc) is 2.37. The first kappa shape index (κ1) is 56.3. The molecule has 0 aliphatic rings. The first-order valence-corrected chi connectivity index (χ1v) is 30.8. The maximum atomic E-state index is 6.95. The molecule has 6 nitrogen and oxygen atoms in total. The number of anilines is 11. The lowest BCUT2D eigenvalue weighted by atomic mass is 10.0. The molecule has 9 heteroatoms. The van der Waals surface area contributed by atoms with E-state index in [1.54, 1.807) is 0 Å². The Morgan fingerprint density at radius 2 is 0.584 bits per heavy atom. The molecule has 0 saturated carbocycles. The molecule has 16 aromatic rings. The van der Waals surface area contributed by atoms with Gasteiger partial charge in [-0.3, -0.25) is 0 Å². The van der Waals surface area contributed by atoms with Crippen molar-refractivity contribution < 1.29 is 8.83 Å². The summed E-state index contributed by atoms with van der Waals surface area (Å²) < 4.78 is 12.8. The van der Waals surface area contributed by atoms with Crippen molar-refractivity contribution in [2.45, 2.75) is 0 Å². The van der Waals surface area contributed by atoms with Crippen molar-refractivity contribution in [3.05, 3.63) is 342 Å². The van der Waals surface area contributed by atoms with Gasteiger partial charge >= 0.3 is 0 Å². The second kappa shape index (κ2) is 25.4. The van der Waals surface area contributed by atoms with Crippen LogP contribution in [0.4, 0.5) is 62.6 Å². The second-order valence-electron chi connectivity index (χ2n) is 21.3. The quantitative estimate of drug-likeness (QED) is 0.139. The van der Waals surface area contributed by atoms with E-state index in [1.807, 2.05) is 84.9 Å². The fraction of sp³-hybridized carbons (Fsp3) is 0. The molecule has 0 fully saturated rings. The van der Waals surface area contributed by atoms with E-state index >= 15 is 0 Å². The van der Waals surface area contributed by atoms with Crippen LogP contribution < -0.4 is 20.0 Å². The summed E-state index contributed by atoms with van der Waals surface area (Å²) in [5.41, 5.74) is 15.1. The molecule has 89 heavy (non-hydrogen) atoms. The lowest BCUT2D eigenvalue weighted by Crippen LogP contribution is -2.13. The summed E-state index contributed by atoms with van der Waals surface area (Å²) in [5.74, 6) is 0. The molecule has 0 aliphatic carbocycles. The zero-order chi connectivity index (χ0) is 60.0. The van der Waals surface area contributed by atoms with E-state index < -0.39 is 0 Å². The van der Waals surface area contributed by atoms with Gasteiger partial charge in [-0.1, -0.05) is 233 Å². The van der Waals surface area contributed by atoms with E-state index in [-0.39, 0.29) is 0 Å². The van der Waals surface area contributed by atoms with Crippen molar-refractivity contribution in [1.29, 1.82) is 0 Å². The molecule has 1 N–H and O–H groups in total. The number of furan rings is 2. The Bertz CT molecular complexity index is 5030. The van der Waals surface area contributed by atoms with E-state index in [0.29, 0.717) is 15.6 Å². The number of nitrogens with one attached hydrogen (secondary N) is 1. The van der Waals surface area contributed by atoms with Crippen LogP contribution in [0, 0.1) is 0 Å². The van der Waals surface area contributed by atoms with Crippen LogP contribution in [0.5, 0.6) is 0 Å². The Labute approximate surface area is 534 Å². The molecular formula is C80H55BrCl2N4O2. The zero-order valence-corrected chi connectivity index (χ0v) is 51.1. The van der Waals surface area contributed by atoms with Crippen LogP contribution in [-0.4, -0.2) is 0 Å². The fourth-order valence-corrected chi connectivity index (χ4v) is 12.8. The molecular weight excluding hydrogens is 1200 g/mol. The van der Waals surface area contributed by atoms with Gasteiger partial charge in [-0.05, 0) is 133 Å². The maximum absolute atomic E-state index is 6.95. The van der Waals surface area contributed by atoms with Crippen LogP contribution in [-0.2, 0) is 0 Å². The normalized spacial score (nSPS) is 11.1. The van der Waals surface area contributed by atoms with Crippen molar-refractivity contribution in [3.63, 3.8) is 0 Å². The number of halogens is 3. The lowest BCUT2D eigenvalue weighted by molar-refractivity contribution is 0.668. The molecule has 2 heterocycles. The first-order chi connectivity index (χ1) is 43.9. The van der Waals surface area contributed by atoms with Crippen LogP contribution in [0.3, 0.4) is 0 Å². The van der Waals surface area contributed by atoms with E-state index in [0.717, 1.165) is 116 Å². The SMILES string of the molecule is Clc1cc(Br)cc2c1oc1ccccc12.Clc1cc(N(c2ccccc2)c2ccc(N(c3ccccc3)c3ccccc3)c3ccccc23)cc2c1oc1ccccc12.c1ccc(Nc2ccc(N(c3ccccc3)c3ccccc3)c3ccccc23)cc1. The highest BCUT2D eigenvalue weighted by Gasteiger charge is 2.23. The van der Waals surface area contributed by atoms with Gasteiger partial charge in [0.1, 0.15) is 11.2 Å². The Balaban J connectivity index is 0.000000132. The molecule has 0 bridgehead atoms. The number of para-hydroxylation sites is 8. The molecule has 428 valence electrons. The number of hydrogen-bond donors (Lipinski definition) is 1. The van der Waals surface area contributed by atoms with Crippen LogP contribution in [0.1, 0.15) is 0 Å². The molecule has 0 atom stereocenters. The zero-order valence-electron chi connectivity index (χ0n) is 48.0. The summed E-state index contributed by atoms with van der Waals surface area (Å²) in [6.07, 6.45) is 0. The number of fused-ring (bicyclic) bond motifs is 8. The molecule has 0 aliphatic heterocycles. The van der Waals surface area contributed by atoms with Gasteiger partial charge in [0.2, 0.25) is 0 Å². The first-order valence-electron chi connectivity index (χ1n) is 29.3. The monoisotopic (exact) mass is 1250 g/mol. The minimum Gasteiger partial charge on any atom is -0.454 e. The highest BCUT2D eigenvalue weighted by Crippen LogP contribution is 2.48. The summed E-state index contributed by atoms with van der Waals surface area (Å²) in [7, 11) is 0. The van der Waals surface area contributed by atoms with Crippen LogP contribution in [0.15, 0.2) is 341 Å².